The second kappa shape index (κ2) is 10.4. The molecule has 1 aromatic carbocycles. The van der Waals surface area contributed by atoms with Gasteiger partial charge in [-0.25, -0.2) is 4.99 Å². The minimum Gasteiger partial charge on any atom is -0.359 e. The van der Waals surface area contributed by atoms with E-state index in [1.807, 2.05) is 19.9 Å². The number of aromatic nitrogens is 1. The van der Waals surface area contributed by atoms with Gasteiger partial charge in [-0.3, -0.25) is 0 Å². The van der Waals surface area contributed by atoms with Crippen molar-refractivity contribution < 1.29 is 17.7 Å². The Morgan fingerprint density at radius 3 is 2.38 bits per heavy atom. The Balaban J connectivity index is 0.00000338. The zero-order valence-corrected chi connectivity index (χ0v) is 16.9. The van der Waals surface area contributed by atoms with Gasteiger partial charge in [0.05, 0.1) is 24.3 Å². The summed E-state index contributed by atoms with van der Waals surface area (Å²) >= 11 is 0. The minimum atomic E-state index is -4.33. The predicted octanol–water partition coefficient (Wildman–Crippen LogP) is 4.13. The number of hydrogen-bond acceptors (Lipinski definition) is 3. The van der Waals surface area contributed by atoms with Crippen LogP contribution in [0.25, 0.3) is 0 Å². The summed E-state index contributed by atoms with van der Waals surface area (Å²) in [5.74, 6) is 1.24. The van der Waals surface area contributed by atoms with E-state index in [1.165, 1.54) is 12.1 Å². The summed E-state index contributed by atoms with van der Waals surface area (Å²) < 4.78 is 42.9. The molecule has 0 bridgehead atoms. The molecule has 0 fully saturated rings. The molecule has 1 heterocycles. The Bertz CT molecular complexity index is 699. The molecule has 0 saturated carbocycles. The second-order valence-corrected chi connectivity index (χ2v) is 5.38. The van der Waals surface area contributed by atoms with Crippen LogP contribution in [-0.2, 0) is 25.7 Å². The van der Waals surface area contributed by atoms with Crippen LogP contribution in [0.5, 0.6) is 0 Å². The smallest absolute Gasteiger partial charge is 0.359 e. The fourth-order valence-corrected chi connectivity index (χ4v) is 2.09. The Morgan fingerprint density at radius 1 is 1.15 bits per heavy atom. The Labute approximate surface area is 167 Å². The van der Waals surface area contributed by atoms with Crippen LogP contribution in [0, 0.1) is 0 Å². The van der Waals surface area contributed by atoms with Gasteiger partial charge in [-0.1, -0.05) is 24.2 Å². The van der Waals surface area contributed by atoms with Gasteiger partial charge >= 0.3 is 6.18 Å². The lowest BCUT2D eigenvalue weighted by atomic mass is 10.1. The number of alkyl halides is 3. The lowest BCUT2D eigenvalue weighted by Crippen LogP contribution is -2.36. The van der Waals surface area contributed by atoms with E-state index in [-0.39, 0.29) is 30.5 Å². The Kier molecular flexibility index (Phi) is 8.89. The number of hydrogen-bond donors (Lipinski definition) is 2. The van der Waals surface area contributed by atoms with Gasteiger partial charge in [-0.15, -0.1) is 24.0 Å². The molecule has 0 aliphatic rings. The van der Waals surface area contributed by atoms with Gasteiger partial charge in [0.15, 0.2) is 11.7 Å². The number of halogens is 4. The highest BCUT2D eigenvalue weighted by atomic mass is 127. The van der Waals surface area contributed by atoms with Crippen LogP contribution in [-0.4, -0.2) is 17.7 Å². The normalized spacial score (nSPS) is 11.8. The predicted molar refractivity (Wildman–Crippen MR) is 104 cm³/mol. The van der Waals surface area contributed by atoms with E-state index < -0.39 is 11.7 Å². The molecule has 0 saturated heterocycles. The molecule has 1 aromatic heterocycles. The van der Waals surface area contributed by atoms with Crippen LogP contribution in [0.4, 0.5) is 13.2 Å². The van der Waals surface area contributed by atoms with E-state index in [4.69, 9.17) is 4.52 Å². The lowest BCUT2D eigenvalue weighted by Gasteiger charge is -2.10. The number of guanidine groups is 1. The largest absolute Gasteiger partial charge is 0.416 e. The summed E-state index contributed by atoms with van der Waals surface area (Å²) in [5.41, 5.74) is 0.906. The molecule has 0 radical (unpaired) electrons. The quantitative estimate of drug-likeness (QED) is 0.370. The SMILES string of the molecule is CCNC(=NCc1ccc(C(F)(F)F)cc1)NCc1cc(CC)no1.I. The first-order valence-corrected chi connectivity index (χ1v) is 8.05. The van der Waals surface area contributed by atoms with Crippen molar-refractivity contribution in [3.8, 4) is 0 Å². The number of rotatable bonds is 6. The molecule has 2 N–H and O–H groups in total. The van der Waals surface area contributed by atoms with E-state index in [9.17, 15) is 13.2 Å². The molecule has 5 nitrogen and oxygen atoms in total. The highest BCUT2D eigenvalue weighted by Crippen LogP contribution is 2.29. The fraction of sp³-hybridized carbons (Fsp3) is 0.412. The summed E-state index contributed by atoms with van der Waals surface area (Å²) in [6, 6.07) is 6.85. The van der Waals surface area contributed by atoms with Crippen molar-refractivity contribution in [2.24, 2.45) is 4.99 Å². The topological polar surface area (TPSA) is 62.5 Å². The highest BCUT2D eigenvalue weighted by Gasteiger charge is 2.29. The van der Waals surface area contributed by atoms with Gasteiger partial charge in [-0.2, -0.15) is 13.2 Å². The molecule has 2 aromatic rings. The molecule has 0 atom stereocenters. The molecule has 0 amide bonds. The lowest BCUT2D eigenvalue weighted by molar-refractivity contribution is -0.137. The van der Waals surface area contributed by atoms with Crippen LogP contribution in [0.1, 0.15) is 36.4 Å². The number of nitrogens with one attached hydrogen (secondary N) is 2. The second-order valence-electron chi connectivity index (χ2n) is 5.38. The maximum atomic E-state index is 12.6. The molecule has 9 heteroatoms. The first-order valence-electron chi connectivity index (χ1n) is 8.05. The van der Waals surface area contributed by atoms with E-state index in [1.54, 1.807) is 0 Å². The highest BCUT2D eigenvalue weighted by molar-refractivity contribution is 14.0. The summed E-state index contributed by atoms with van der Waals surface area (Å²) in [7, 11) is 0. The first-order chi connectivity index (χ1) is 11.9. The van der Waals surface area contributed by atoms with E-state index >= 15 is 0 Å². The van der Waals surface area contributed by atoms with Gasteiger partial charge < -0.3 is 15.2 Å². The molecule has 26 heavy (non-hydrogen) atoms. The van der Waals surface area contributed by atoms with Crippen LogP contribution >= 0.6 is 24.0 Å². The number of benzene rings is 1. The van der Waals surface area contributed by atoms with Crippen molar-refractivity contribution in [1.82, 2.24) is 15.8 Å². The zero-order chi connectivity index (χ0) is 18.3. The van der Waals surface area contributed by atoms with Gasteiger partial charge in [0.2, 0.25) is 0 Å². The van der Waals surface area contributed by atoms with Crippen LogP contribution in [0.2, 0.25) is 0 Å². The van der Waals surface area contributed by atoms with Gasteiger partial charge in [0.1, 0.15) is 0 Å². The van der Waals surface area contributed by atoms with Crippen molar-refractivity contribution in [3.05, 3.63) is 52.9 Å². The monoisotopic (exact) mass is 482 g/mol. The fourth-order valence-electron chi connectivity index (χ4n) is 2.09. The molecule has 2 rings (SSSR count). The number of aliphatic imine (C=N–C) groups is 1. The number of aryl methyl sites for hydroxylation is 1. The van der Waals surface area contributed by atoms with Crippen molar-refractivity contribution in [1.29, 1.82) is 0 Å². The number of nitrogens with zero attached hydrogens (tertiary/aromatic N) is 2. The third kappa shape index (κ3) is 6.85. The molecular formula is C17H22F3IN4O. The maximum Gasteiger partial charge on any atom is 0.416 e. The minimum absolute atomic E-state index is 0. The Morgan fingerprint density at radius 2 is 1.85 bits per heavy atom. The Hall–Kier alpha value is -1.78. The van der Waals surface area contributed by atoms with Gasteiger partial charge in [0, 0.05) is 12.6 Å². The third-order valence-corrected chi connectivity index (χ3v) is 3.45. The summed E-state index contributed by atoms with van der Waals surface area (Å²) in [6.07, 6.45) is -3.53. The van der Waals surface area contributed by atoms with E-state index in [0.29, 0.717) is 30.4 Å². The molecule has 0 aliphatic heterocycles. The van der Waals surface area contributed by atoms with Crippen LogP contribution in [0.15, 0.2) is 39.8 Å². The van der Waals surface area contributed by atoms with Crippen molar-refractivity contribution in [2.45, 2.75) is 39.5 Å². The van der Waals surface area contributed by atoms with Crippen LogP contribution < -0.4 is 10.6 Å². The average molecular weight is 482 g/mol. The van der Waals surface area contributed by atoms with Crippen LogP contribution in [0.3, 0.4) is 0 Å². The molecule has 144 valence electrons. The molecule has 0 spiro atoms. The van der Waals surface area contributed by atoms with Gasteiger partial charge in [0.25, 0.3) is 0 Å². The first kappa shape index (κ1) is 22.3. The zero-order valence-electron chi connectivity index (χ0n) is 14.6. The standard InChI is InChI=1S/C17H21F3N4O.HI/c1-3-14-9-15(25-24-14)11-23-16(21-4-2)22-10-12-5-7-13(8-6-12)17(18,19)20;/h5-9H,3-4,10-11H2,1-2H3,(H2,21,22,23);1H. The van der Waals surface area contributed by atoms with E-state index in [0.717, 1.165) is 24.2 Å². The molecular weight excluding hydrogens is 460 g/mol. The third-order valence-electron chi connectivity index (χ3n) is 3.45. The van der Waals surface area contributed by atoms with Crippen molar-refractivity contribution in [3.63, 3.8) is 0 Å². The van der Waals surface area contributed by atoms with Crippen molar-refractivity contribution >= 4 is 29.9 Å². The molecule has 0 unspecified atom stereocenters. The van der Waals surface area contributed by atoms with E-state index in [2.05, 4.69) is 20.8 Å². The maximum absolute atomic E-state index is 12.6. The van der Waals surface area contributed by atoms with Crippen molar-refractivity contribution in [2.75, 3.05) is 6.54 Å². The summed E-state index contributed by atoms with van der Waals surface area (Å²) in [6.45, 7) is 5.27. The summed E-state index contributed by atoms with van der Waals surface area (Å²) in [4.78, 5) is 4.37. The van der Waals surface area contributed by atoms with Gasteiger partial charge in [-0.05, 0) is 31.0 Å². The average Bonchev–Trinajstić information content (AvgIpc) is 3.05. The molecule has 0 aliphatic carbocycles. The summed E-state index contributed by atoms with van der Waals surface area (Å²) in [5, 5.41) is 10.1.